The van der Waals surface area contributed by atoms with Gasteiger partial charge >= 0.3 is 0 Å². The molecular formula is C17H13F2N3O2S2. The van der Waals surface area contributed by atoms with Crippen molar-refractivity contribution in [2.24, 2.45) is 0 Å². The third kappa shape index (κ3) is 4.17. The lowest BCUT2D eigenvalue weighted by Crippen LogP contribution is -2.30. The Labute approximate surface area is 156 Å². The van der Waals surface area contributed by atoms with Gasteiger partial charge in [-0.2, -0.15) is 4.73 Å². The van der Waals surface area contributed by atoms with Gasteiger partial charge in [0.1, 0.15) is 0 Å². The van der Waals surface area contributed by atoms with Gasteiger partial charge in [-0.1, -0.05) is 0 Å². The molecule has 9 heteroatoms. The van der Waals surface area contributed by atoms with Crippen LogP contribution < -0.4 is 10.0 Å². The maximum atomic E-state index is 13.3. The fraction of sp³-hybridized carbons (Fsp3) is 0.118. The zero-order chi connectivity index (χ0) is 18.7. The molecule has 1 amide bonds. The second-order valence-electron chi connectivity index (χ2n) is 5.28. The van der Waals surface area contributed by atoms with Crippen LogP contribution in [0, 0.1) is 16.8 Å². The van der Waals surface area contributed by atoms with E-state index in [0.29, 0.717) is 26.1 Å². The van der Waals surface area contributed by atoms with E-state index >= 15 is 0 Å². The molecule has 1 aromatic carbocycles. The van der Waals surface area contributed by atoms with E-state index in [1.807, 2.05) is 0 Å². The molecule has 0 saturated carbocycles. The Hall–Kier alpha value is -2.52. The summed E-state index contributed by atoms with van der Waals surface area (Å²) in [5.41, 5.74) is 0.852. The number of anilines is 1. The highest BCUT2D eigenvalue weighted by Gasteiger charge is 2.20. The molecule has 0 spiro atoms. The first kappa shape index (κ1) is 18.3. The maximum Gasteiger partial charge on any atom is 0.252 e. The summed E-state index contributed by atoms with van der Waals surface area (Å²) in [7, 11) is 0. The molecule has 3 rings (SSSR count). The van der Waals surface area contributed by atoms with Crippen molar-refractivity contribution in [1.29, 1.82) is 0 Å². The molecule has 1 atom stereocenters. The third-order valence-electron chi connectivity index (χ3n) is 3.41. The summed E-state index contributed by atoms with van der Waals surface area (Å²) >= 11 is 2.30. The topological polar surface area (TPSA) is 68.9 Å². The number of rotatable bonds is 5. The molecule has 0 aliphatic carbocycles. The molecule has 26 heavy (non-hydrogen) atoms. The van der Waals surface area contributed by atoms with Crippen LogP contribution >= 0.6 is 23.1 Å². The van der Waals surface area contributed by atoms with E-state index in [4.69, 9.17) is 0 Å². The second kappa shape index (κ2) is 7.79. The van der Waals surface area contributed by atoms with Gasteiger partial charge in [0.05, 0.1) is 10.9 Å². The predicted octanol–water partition coefficient (Wildman–Crippen LogP) is 3.84. The number of thiazole rings is 1. The lowest BCUT2D eigenvalue weighted by atomic mass is 10.2. The minimum atomic E-state index is -0.958. The summed E-state index contributed by atoms with van der Waals surface area (Å²) in [5, 5.41) is 16.2. The van der Waals surface area contributed by atoms with Crippen molar-refractivity contribution in [3.63, 3.8) is 0 Å². The number of pyridine rings is 1. The van der Waals surface area contributed by atoms with Gasteiger partial charge in [-0.3, -0.25) is 4.79 Å². The van der Waals surface area contributed by atoms with Crippen LogP contribution in [0.1, 0.15) is 6.92 Å². The van der Waals surface area contributed by atoms with Gasteiger partial charge in [0.2, 0.25) is 5.91 Å². The molecule has 3 aromatic rings. The first-order valence-electron chi connectivity index (χ1n) is 7.50. The molecule has 134 valence electrons. The van der Waals surface area contributed by atoms with E-state index in [9.17, 15) is 18.8 Å². The van der Waals surface area contributed by atoms with Gasteiger partial charge in [-0.15, -0.1) is 11.3 Å². The van der Waals surface area contributed by atoms with Crippen LogP contribution in [0.5, 0.6) is 0 Å². The van der Waals surface area contributed by atoms with Gasteiger partial charge in [0.25, 0.3) is 5.03 Å². The maximum absolute atomic E-state index is 13.3. The van der Waals surface area contributed by atoms with Crippen LogP contribution in [-0.2, 0) is 4.79 Å². The van der Waals surface area contributed by atoms with Crippen LogP contribution in [0.2, 0.25) is 0 Å². The van der Waals surface area contributed by atoms with Crippen LogP contribution in [-0.4, -0.2) is 16.1 Å². The van der Waals surface area contributed by atoms with Crippen molar-refractivity contribution in [3.8, 4) is 11.3 Å². The fourth-order valence-electron chi connectivity index (χ4n) is 2.06. The average molecular weight is 393 g/mol. The monoisotopic (exact) mass is 393 g/mol. The van der Waals surface area contributed by atoms with Crippen molar-refractivity contribution in [1.82, 2.24) is 4.98 Å². The molecule has 0 aliphatic heterocycles. The van der Waals surface area contributed by atoms with Crippen molar-refractivity contribution in [2.75, 3.05) is 5.32 Å². The number of aromatic nitrogens is 2. The lowest BCUT2D eigenvalue weighted by Gasteiger charge is -2.09. The number of halogens is 2. The zero-order valence-electron chi connectivity index (χ0n) is 13.5. The highest BCUT2D eigenvalue weighted by atomic mass is 32.2. The van der Waals surface area contributed by atoms with E-state index in [1.54, 1.807) is 30.5 Å². The van der Waals surface area contributed by atoms with Crippen molar-refractivity contribution < 1.29 is 18.3 Å². The number of amides is 1. The molecule has 2 aromatic heterocycles. The largest absolute Gasteiger partial charge is 0.618 e. The molecular weight excluding hydrogens is 380 g/mol. The summed E-state index contributed by atoms with van der Waals surface area (Å²) < 4.78 is 27.0. The number of nitrogens with one attached hydrogen (secondary N) is 1. The molecule has 5 nitrogen and oxygen atoms in total. The number of carbonyl (C=O) groups excluding carboxylic acids is 1. The van der Waals surface area contributed by atoms with Crippen LogP contribution in [0.3, 0.4) is 0 Å². The number of hydrogen-bond donors (Lipinski definition) is 1. The molecule has 0 fully saturated rings. The van der Waals surface area contributed by atoms with E-state index in [0.717, 1.165) is 23.9 Å². The second-order valence-corrected chi connectivity index (χ2v) is 7.50. The molecule has 0 radical (unpaired) electrons. The minimum Gasteiger partial charge on any atom is -0.618 e. The number of thioether (sulfide) groups is 1. The predicted molar refractivity (Wildman–Crippen MR) is 96.8 cm³/mol. The zero-order valence-corrected chi connectivity index (χ0v) is 15.1. The Balaban J connectivity index is 1.67. The van der Waals surface area contributed by atoms with Crippen molar-refractivity contribution in [3.05, 3.63) is 64.8 Å². The normalized spacial score (nSPS) is 12.0. The van der Waals surface area contributed by atoms with Crippen molar-refractivity contribution in [2.45, 2.75) is 17.2 Å². The van der Waals surface area contributed by atoms with Gasteiger partial charge in [0.15, 0.2) is 23.0 Å². The fourth-order valence-corrected chi connectivity index (χ4v) is 3.64. The summed E-state index contributed by atoms with van der Waals surface area (Å²) in [4.78, 5) is 16.5. The highest BCUT2D eigenvalue weighted by molar-refractivity contribution is 8.00. The Bertz CT molecular complexity index is 949. The van der Waals surface area contributed by atoms with E-state index in [1.165, 1.54) is 23.6 Å². The Morgan fingerprint density at radius 2 is 2.12 bits per heavy atom. The average Bonchev–Trinajstić information content (AvgIpc) is 3.07. The molecule has 1 unspecified atom stereocenters. The summed E-state index contributed by atoms with van der Waals surface area (Å²) in [6.45, 7) is 1.68. The third-order valence-corrected chi connectivity index (χ3v) is 5.29. The number of nitrogens with zero attached hydrogens (tertiary/aromatic N) is 2. The Morgan fingerprint density at radius 3 is 2.85 bits per heavy atom. The molecule has 2 heterocycles. The lowest BCUT2D eigenvalue weighted by molar-refractivity contribution is -0.645. The van der Waals surface area contributed by atoms with Gasteiger partial charge in [-0.05, 0) is 43.0 Å². The van der Waals surface area contributed by atoms with E-state index < -0.39 is 16.9 Å². The molecule has 0 bridgehead atoms. The number of benzene rings is 1. The van der Waals surface area contributed by atoms with Crippen LogP contribution in [0.25, 0.3) is 11.3 Å². The Kier molecular flexibility index (Phi) is 5.48. The number of carbonyl (C=O) groups is 1. The molecule has 0 aliphatic rings. The van der Waals surface area contributed by atoms with Gasteiger partial charge in [-0.25, -0.2) is 13.8 Å². The van der Waals surface area contributed by atoms with Crippen LogP contribution in [0.15, 0.2) is 53.0 Å². The summed E-state index contributed by atoms with van der Waals surface area (Å²) in [5.74, 6) is -2.20. The van der Waals surface area contributed by atoms with E-state index in [2.05, 4.69) is 10.3 Å². The first-order valence-corrected chi connectivity index (χ1v) is 9.26. The summed E-state index contributed by atoms with van der Waals surface area (Å²) in [6.07, 6.45) is 1.36. The minimum absolute atomic E-state index is 0.315. The molecule has 1 N–H and O–H groups in total. The van der Waals surface area contributed by atoms with Crippen molar-refractivity contribution >= 4 is 34.1 Å². The van der Waals surface area contributed by atoms with Crippen LogP contribution in [0.4, 0.5) is 13.9 Å². The highest BCUT2D eigenvalue weighted by Crippen LogP contribution is 2.27. The SMILES string of the molecule is CC(Sc1cccc[n+]1[O-])C(=O)Nc1nc(-c2ccc(F)c(F)c2)cs1. The van der Waals surface area contributed by atoms with Gasteiger partial charge < -0.3 is 10.5 Å². The Morgan fingerprint density at radius 1 is 1.31 bits per heavy atom. The van der Waals surface area contributed by atoms with Gasteiger partial charge in [0, 0.05) is 23.1 Å². The first-order chi connectivity index (χ1) is 12.4. The smallest absolute Gasteiger partial charge is 0.252 e. The molecule has 0 saturated heterocycles. The summed E-state index contributed by atoms with van der Waals surface area (Å²) in [6, 6.07) is 8.45. The number of hydrogen-bond acceptors (Lipinski definition) is 5. The standard InChI is InChI=1S/C17H13F2N3O2S2/c1-10(26-15-4-2-3-7-22(15)24)16(23)21-17-20-14(9-25-17)11-5-6-12(18)13(19)8-11/h2-10H,1H3,(H,20,21,23). The van der Waals surface area contributed by atoms with E-state index in [-0.39, 0.29) is 5.91 Å². The quantitative estimate of drug-likeness (QED) is 0.406.